The minimum absolute atomic E-state index is 0.0949. The molecule has 11 heteroatoms. The molecule has 3 N–H and O–H groups in total. The van der Waals surface area contributed by atoms with Crippen LogP contribution in [-0.4, -0.2) is 61.3 Å². The van der Waals surface area contributed by atoms with E-state index in [4.69, 9.17) is 30.5 Å². The number of aliphatic hydroxyl groups excluding tert-OH is 1. The third-order valence-electron chi connectivity index (χ3n) is 6.50. The van der Waals surface area contributed by atoms with Crippen molar-refractivity contribution in [2.75, 3.05) is 32.8 Å². The van der Waals surface area contributed by atoms with Crippen molar-refractivity contribution in [2.45, 2.75) is 18.2 Å². The lowest BCUT2D eigenvalue weighted by molar-refractivity contribution is -0.114. The van der Waals surface area contributed by atoms with Gasteiger partial charge in [0, 0.05) is 57.1 Å². The summed E-state index contributed by atoms with van der Waals surface area (Å²) in [4.78, 5) is 28.2. The number of rotatable bonds is 12. The highest BCUT2D eigenvalue weighted by atomic mass is 35.5. The zero-order chi connectivity index (χ0) is 28.4. The first kappa shape index (κ1) is 27.4. The third kappa shape index (κ3) is 5.74. The van der Waals surface area contributed by atoms with E-state index in [1.54, 1.807) is 48.7 Å². The van der Waals surface area contributed by atoms with E-state index in [0.29, 0.717) is 50.0 Å². The minimum atomic E-state index is -1.07. The number of Topliss-reactive ketones (excluding diaryl/α,β-unsaturated/α-hetero) is 2. The molecule has 0 spiro atoms. The van der Waals surface area contributed by atoms with Crippen LogP contribution in [0.1, 0.15) is 22.0 Å². The number of benzene rings is 3. The van der Waals surface area contributed by atoms with Crippen LogP contribution in [0.25, 0.3) is 10.9 Å². The fourth-order valence-electron chi connectivity index (χ4n) is 4.40. The molecule has 1 aromatic heterocycles. The number of H-pyrrole nitrogens is 1. The number of carbonyl (C=O) groups excluding carboxylic acids is 2. The smallest absolute Gasteiger partial charge is 0.196 e. The fraction of sp³-hybridized carbons (Fsp3) is 0.241. The maximum Gasteiger partial charge on any atom is 0.196 e. The Morgan fingerprint density at radius 3 is 2.58 bits per heavy atom. The van der Waals surface area contributed by atoms with Crippen LogP contribution in [0.5, 0.6) is 17.2 Å². The first-order chi connectivity index (χ1) is 19.3. The maximum atomic E-state index is 14.0. The maximum absolute atomic E-state index is 14.0. The molecule has 208 valence electrons. The number of fused-ring (bicyclic) bond motifs is 1. The number of aliphatic hydroxyl groups is 1. The van der Waals surface area contributed by atoms with Crippen molar-refractivity contribution in [1.82, 2.24) is 4.98 Å². The van der Waals surface area contributed by atoms with Gasteiger partial charge >= 0.3 is 0 Å². The lowest BCUT2D eigenvalue weighted by Gasteiger charge is -2.22. The SMILES string of the molecule is COc1cc(NC(C(=O)c2c[nH]c3cc(F)ccc23)c2ccc(Cl)cc2OC)cc(OCCOC2C(=O)C2O)c1. The highest BCUT2D eigenvalue weighted by Gasteiger charge is 2.49. The summed E-state index contributed by atoms with van der Waals surface area (Å²) in [5.41, 5.74) is 1.88. The van der Waals surface area contributed by atoms with Gasteiger partial charge in [0.05, 0.1) is 20.8 Å². The second-order valence-corrected chi connectivity index (χ2v) is 9.54. The Labute approximate surface area is 233 Å². The zero-order valence-corrected chi connectivity index (χ0v) is 22.3. The van der Waals surface area contributed by atoms with E-state index in [1.165, 1.54) is 26.4 Å². The van der Waals surface area contributed by atoms with Gasteiger partial charge in [-0.15, -0.1) is 0 Å². The van der Waals surface area contributed by atoms with Crippen molar-refractivity contribution in [3.05, 3.63) is 82.8 Å². The molecule has 1 saturated carbocycles. The normalized spacial score (nSPS) is 17.0. The van der Waals surface area contributed by atoms with Crippen LogP contribution in [0.3, 0.4) is 0 Å². The van der Waals surface area contributed by atoms with Gasteiger partial charge in [-0.2, -0.15) is 0 Å². The molecule has 9 nitrogen and oxygen atoms in total. The van der Waals surface area contributed by atoms with Crippen molar-refractivity contribution in [2.24, 2.45) is 0 Å². The van der Waals surface area contributed by atoms with Crippen LogP contribution >= 0.6 is 11.6 Å². The van der Waals surface area contributed by atoms with E-state index < -0.39 is 24.1 Å². The van der Waals surface area contributed by atoms with E-state index in [-0.39, 0.29) is 24.8 Å². The zero-order valence-electron chi connectivity index (χ0n) is 21.6. The van der Waals surface area contributed by atoms with Crippen LogP contribution in [0.2, 0.25) is 5.02 Å². The van der Waals surface area contributed by atoms with E-state index in [9.17, 15) is 19.1 Å². The number of anilines is 1. The highest BCUT2D eigenvalue weighted by molar-refractivity contribution is 6.30. The Kier molecular flexibility index (Phi) is 7.92. The van der Waals surface area contributed by atoms with E-state index in [1.807, 2.05) is 0 Å². The molecule has 1 aliphatic carbocycles. The van der Waals surface area contributed by atoms with Gasteiger partial charge in [0.2, 0.25) is 0 Å². The Morgan fingerprint density at radius 1 is 1.07 bits per heavy atom. The molecular formula is C29H26ClFN2O7. The van der Waals surface area contributed by atoms with E-state index >= 15 is 0 Å². The van der Waals surface area contributed by atoms with Gasteiger partial charge in [0.25, 0.3) is 0 Å². The monoisotopic (exact) mass is 568 g/mol. The summed E-state index contributed by atoms with van der Waals surface area (Å²) >= 11 is 6.19. The Balaban J connectivity index is 1.45. The number of carbonyl (C=O) groups is 2. The van der Waals surface area contributed by atoms with Crippen LogP contribution in [0.4, 0.5) is 10.1 Å². The molecule has 40 heavy (non-hydrogen) atoms. The minimum Gasteiger partial charge on any atom is -0.497 e. The summed E-state index contributed by atoms with van der Waals surface area (Å²) < 4.78 is 35.8. The summed E-state index contributed by atoms with van der Waals surface area (Å²) in [6.45, 7) is 0.208. The number of hydrogen-bond acceptors (Lipinski definition) is 8. The molecule has 0 saturated heterocycles. The Bertz CT molecular complexity index is 1570. The molecule has 0 amide bonds. The summed E-state index contributed by atoms with van der Waals surface area (Å²) in [6, 6.07) is 13.3. The predicted molar refractivity (Wildman–Crippen MR) is 146 cm³/mol. The molecule has 4 aromatic rings. The van der Waals surface area contributed by atoms with Gasteiger partial charge in [-0.05, 0) is 30.3 Å². The lowest BCUT2D eigenvalue weighted by atomic mass is 9.95. The number of nitrogens with one attached hydrogen (secondary N) is 2. The van der Waals surface area contributed by atoms with Gasteiger partial charge in [0.1, 0.15) is 41.8 Å². The number of methoxy groups -OCH3 is 2. The average Bonchev–Trinajstić information content (AvgIpc) is 3.30. The average molecular weight is 569 g/mol. The van der Waals surface area contributed by atoms with Gasteiger partial charge in [-0.25, -0.2) is 4.39 Å². The number of halogens is 2. The number of hydrogen-bond donors (Lipinski definition) is 3. The van der Waals surface area contributed by atoms with E-state index in [2.05, 4.69) is 10.3 Å². The molecular weight excluding hydrogens is 543 g/mol. The first-order valence-electron chi connectivity index (χ1n) is 12.3. The van der Waals surface area contributed by atoms with Gasteiger partial charge in [-0.1, -0.05) is 17.7 Å². The molecule has 5 rings (SSSR count). The Hall–Kier alpha value is -4.12. The predicted octanol–water partition coefficient (Wildman–Crippen LogP) is 4.72. The molecule has 3 aromatic carbocycles. The second-order valence-electron chi connectivity index (χ2n) is 9.10. The second kappa shape index (κ2) is 11.5. The lowest BCUT2D eigenvalue weighted by Crippen LogP contribution is -2.22. The van der Waals surface area contributed by atoms with Crippen molar-refractivity contribution in [3.8, 4) is 17.2 Å². The summed E-state index contributed by atoms with van der Waals surface area (Å²) in [7, 11) is 2.99. The molecule has 0 bridgehead atoms. The van der Waals surface area contributed by atoms with Gasteiger partial charge < -0.3 is 34.4 Å². The van der Waals surface area contributed by atoms with Crippen LogP contribution in [-0.2, 0) is 9.53 Å². The number of ketones is 2. The largest absolute Gasteiger partial charge is 0.497 e. The van der Waals surface area contributed by atoms with Crippen molar-refractivity contribution in [3.63, 3.8) is 0 Å². The molecule has 3 atom stereocenters. The van der Waals surface area contributed by atoms with Crippen LogP contribution in [0, 0.1) is 5.82 Å². The van der Waals surface area contributed by atoms with Crippen LogP contribution in [0.15, 0.2) is 60.8 Å². The molecule has 0 aliphatic heterocycles. The van der Waals surface area contributed by atoms with Gasteiger partial charge in [-0.3, -0.25) is 9.59 Å². The van der Waals surface area contributed by atoms with Crippen molar-refractivity contribution < 1.29 is 38.0 Å². The first-order valence-corrected chi connectivity index (χ1v) is 12.7. The quantitative estimate of drug-likeness (QED) is 0.166. The molecule has 1 heterocycles. The fourth-order valence-corrected chi connectivity index (χ4v) is 4.56. The molecule has 0 radical (unpaired) electrons. The van der Waals surface area contributed by atoms with Crippen molar-refractivity contribution in [1.29, 1.82) is 0 Å². The Morgan fingerprint density at radius 2 is 1.85 bits per heavy atom. The molecule has 3 unspecified atom stereocenters. The third-order valence-corrected chi connectivity index (χ3v) is 6.74. The highest BCUT2D eigenvalue weighted by Crippen LogP contribution is 2.36. The number of ether oxygens (including phenoxy) is 4. The van der Waals surface area contributed by atoms with Crippen molar-refractivity contribution >= 4 is 39.8 Å². The topological polar surface area (TPSA) is 119 Å². The standard InChI is InChI=1S/C29H26ClFN2O7/c1-37-18-11-17(12-19(13-18)39-7-8-40-29-27(35)28(29)36)33-25(21-5-3-15(30)9-24(21)38-2)26(34)22-14-32-23-10-16(31)4-6-20(22)23/h3-6,9-14,25,27,29,32-33,35H,7-8H2,1-2H3. The summed E-state index contributed by atoms with van der Waals surface area (Å²) in [5.74, 6) is 0.219. The summed E-state index contributed by atoms with van der Waals surface area (Å²) in [5, 5.41) is 13.6. The number of aromatic nitrogens is 1. The number of aromatic amines is 1. The molecule has 1 fully saturated rings. The van der Waals surface area contributed by atoms with Crippen LogP contribution < -0.4 is 19.5 Å². The molecule has 1 aliphatic rings. The van der Waals surface area contributed by atoms with Gasteiger partial charge in [0.15, 0.2) is 17.7 Å². The summed E-state index contributed by atoms with van der Waals surface area (Å²) in [6.07, 6.45) is -0.318. The van der Waals surface area contributed by atoms with E-state index in [0.717, 1.165) is 0 Å².